The molecule has 4 rings (SSSR count). The van der Waals surface area contributed by atoms with Gasteiger partial charge >= 0.3 is 0 Å². The number of sulfone groups is 1. The molecule has 0 saturated carbocycles. The Labute approximate surface area is 190 Å². The smallest absolute Gasteiger partial charge is 0.260 e. The minimum atomic E-state index is -3.35. The van der Waals surface area contributed by atoms with Gasteiger partial charge in [0.2, 0.25) is 0 Å². The largest absolute Gasteiger partial charge is 0.492 e. The number of pyridine rings is 1. The van der Waals surface area contributed by atoms with Crippen molar-refractivity contribution in [2.75, 3.05) is 17.8 Å². The number of anilines is 1. The van der Waals surface area contributed by atoms with Crippen LogP contribution in [0.2, 0.25) is 0 Å². The van der Waals surface area contributed by atoms with Gasteiger partial charge < -0.3 is 4.74 Å². The molecule has 0 bridgehead atoms. The molecule has 4 aromatic rings. The molecule has 0 atom stereocenters. The van der Waals surface area contributed by atoms with Gasteiger partial charge in [-0.05, 0) is 55.5 Å². The van der Waals surface area contributed by atoms with Gasteiger partial charge in [-0.3, -0.25) is 14.7 Å². The quantitative estimate of drug-likeness (QED) is 0.402. The van der Waals surface area contributed by atoms with Gasteiger partial charge in [0.25, 0.3) is 5.91 Å². The third-order valence-corrected chi connectivity index (χ3v) is 6.89. The molecule has 2 aromatic carbocycles. The fraction of sp³-hybridized carbons (Fsp3) is 0.174. The van der Waals surface area contributed by atoms with Crippen LogP contribution in [0.15, 0.2) is 71.8 Å². The van der Waals surface area contributed by atoms with Crippen molar-refractivity contribution in [2.45, 2.75) is 18.4 Å². The third kappa shape index (κ3) is 4.63. The van der Waals surface area contributed by atoms with E-state index in [1.165, 1.54) is 35.6 Å². The normalized spacial score (nSPS) is 11.4. The van der Waals surface area contributed by atoms with Gasteiger partial charge in [0.05, 0.1) is 28.4 Å². The van der Waals surface area contributed by atoms with E-state index in [2.05, 4.69) is 4.98 Å². The second kappa shape index (κ2) is 9.05. The van der Waals surface area contributed by atoms with Crippen LogP contribution in [0.5, 0.6) is 5.75 Å². The molecule has 0 aliphatic carbocycles. The van der Waals surface area contributed by atoms with Gasteiger partial charge in [-0.15, -0.1) is 0 Å². The van der Waals surface area contributed by atoms with E-state index in [1.54, 1.807) is 11.1 Å². The van der Waals surface area contributed by atoms with Gasteiger partial charge in [0, 0.05) is 18.0 Å². The number of para-hydroxylation sites is 1. The fourth-order valence-corrected chi connectivity index (χ4v) is 4.79. The van der Waals surface area contributed by atoms with Crippen LogP contribution in [-0.2, 0) is 16.4 Å². The SMILES string of the molecule is CCOc1cccc2sc(N(Cc3ccccn3)C(=O)c3ccc(S(C)(=O)=O)cc3)nc12. The molecule has 0 fully saturated rings. The van der Waals surface area contributed by atoms with E-state index < -0.39 is 9.84 Å². The number of amides is 1. The second-order valence-electron chi connectivity index (χ2n) is 7.04. The molecule has 164 valence electrons. The zero-order valence-corrected chi connectivity index (χ0v) is 19.2. The number of nitrogens with zero attached hydrogens (tertiary/aromatic N) is 3. The summed E-state index contributed by atoms with van der Waals surface area (Å²) in [6.45, 7) is 2.63. The maximum atomic E-state index is 13.5. The van der Waals surface area contributed by atoms with Crippen LogP contribution >= 0.6 is 11.3 Å². The fourth-order valence-electron chi connectivity index (χ4n) is 3.18. The molecular weight excluding hydrogens is 446 g/mol. The Morgan fingerprint density at radius 3 is 2.50 bits per heavy atom. The lowest BCUT2D eigenvalue weighted by atomic mass is 10.2. The Balaban J connectivity index is 1.76. The van der Waals surface area contributed by atoms with Gasteiger partial charge in [0.15, 0.2) is 15.0 Å². The third-order valence-electron chi connectivity index (χ3n) is 4.72. The minimum absolute atomic E-state index is 0.159. The molecule has 2 aromatic heterocycles. The predicted molar refractivity (Wildman–Crippen MR) is 125 cm³/mol. The first-order chi connectivity index (χ1) is 15.4. The highest BCUT2D eigenvalue weighted by molar-refractivity contribution is 7.90. The molecule has 2 heterocycles. The lowest BCUT2D eigenvalue weighted by Crippen LogP contribution is -2.30. The Bertz CT molecular complexity index is 1350. The standard InChI is InChI=1S/C23H21N3O4S2/c1-3-30-19-8-6-9-20-21(19)25-23(31-20)26(15-17-7-4-5-14-24-17)22(27)16-10-12-18(13-11-16)32(2,28)29/h4-14H,3,15H2,1-2H3. The van der Waals surface area contributed by atoms with Gasteiger partial charge in [-0.25, -0.2) is 13.4 Å². The van der Waals surface area contributed by atoms with Crippen molar-refractivity contribution in [2.24, 2.45) is 0 Å². The van der Waals surface area contributed by atoms with Crippen LogP contribution in [0.25, 0.3) is 10.2 Å². The molecule has 1 amide bonds. The summed E-state index contributed by atoms with van der Waals surface area (Å²) < 4.78 is 30.1. The number of hydrogen-bond donors (Lipinski definition) is 0. The molecular formula is C23H21N3O4S2. The van der Waals surface area contributed by atoms with Crippen molar-refractivity contribution in [1.29, 1.82) is 0 Å². The number of rotatable bonds is 7. The zero-order chi connectivity index (χ0) is 22.7. The van der Waals surface area contributed by atoms with E-state index in [0.29, 0.717) is 34.3 Å². The topological polar surface area (TPSA) is 89.5 Å². The highest BCUT2D eigenvalue weighted by atomic mass is 32.2. The highest BCUT2D eigenvalue weighted by Gasteiger charge is 2.23. The summed E-state index contributed by atoms with van der Waals surface area (Å²) in [6, 6.07) is 17.1. The van der Waals surface area contributed by atoms with Crippen LogP contribution in [0.4, 0.5) is 5.13 Å². The first kappa shape index (κ1) is 21.9. The maximum absolute atomic E-state index is 13.5. The minimum Gasteiger partial charge on any atom is -0.492 e. The molecule has 0 saturated heterocycles. The summed E-state index contributed by atoms with van der Waals surface area (Å²) >= 11 is 1.39. The summed E-state index contributed by atoms with van der Waals surface area (Å²) in [5.41, 5.74) is 1.76. The van der Waals surface area contributed by atoms with Crippen molar-refractivity contribution in [3.8, 4) is 5.75 Å². The van der Waals surface area contributed by atoms with Crippen LogP contribution in [0.3, 0.4) is 0 Å². The number of carbonyl (C=O) groups is 1. The van der Waals surface area contributed by atoms with Crippen LogP contribution in [-0.4, -0.2) is 37.2 Å². The van der Waals surface area contributed by atoms with Gasteiger partial charge in [-0.2, -0.15) is 0 Å². The van der Waals surface area contributed by atoms with Crippen molar-refractivity contribution >= 4 is 42.4 Å². The summed E-state index contributed by atoms with van der Waals surface area (Å²) in [7, 11) is -3.35. The zero-order valence-electron chi connectivity index (χ0n) is 17.6. The number of hydrogen-bond acceptors (Lipinski definition) is 7. The average Bonchev–Trinajstić information content (AvgIpc) is 3.22. The number of fused-ring (bicyclic) bond motifs is 1. The van der Waals surface area contributed by atoms with Gasteiger partial charge in [0.1, 0.15) is 11.3 Å². The van der Waals surface area contributed by atoms with Gasteiger partial charge in [-0.1, -0.05) is 23.5 Å². The predicted octanol–water partition coefficient (Wildman–Crippen LogP) is 4.34. The van der Waals surface area contributed by atoms with E-state index >= 15 is 0 Å². The Kier molecular flexibility index (Phi) is 6.20. The number of thiazole rings is 1. The van der Waals surface area contributed by atoms with E-state index in [9.17, 15) is 13.2 Å². The molecule has 0 aliphatic heterocycles. The van der Waals surface area contributed by atoms with E-state index in [0.717, 1.165) is 11.0 Å². The van der Waals surface area contributed by atoms with E-state index in [-0.39, 0.29) is 17.3 Å². The summed E-state index contributed by atoms with van der Waals surface area (Å²) in [5.74, 6) is 0.364. The van der Waals surface area contributed by atoms with Crippen molar-refractivity contribution in [3.63, 3.8) is 0 Å². The van der Waals surface area contributed by atoms with Crippen LogP contribution in [0.1, 0.15) is 23.0 Å². The Hall–Kier alpha value is -3.30. The van der Waals surface area contributed by atoms with Crippen molar-refractivity contribution < 1.29 is 17.9 Å². The Morgan fingerprint density at radius 1 is 1.06 bits per heavy atom. The maximum Gasteiger partial charge on any atom is 0.260 e. The molecule has 9 heteroatoms. The molecule has 0 spiro atoms. The van der Waals surface area contributed by atoms with E-state index in [4.69, 9.17) is 9.72 Å². The number of carbonyl (C=O) groups excluding carboxylic acids is 1. The van der Waals surface area contributed by atoms with Crippen molar-refractivity contribution in [3.05, 3.63) is 78.1 Å². The molecule has 7 nitrogen and oxygen atoms in total. The second-order valence-corrected chi connectivity index (χ2v) is 10.1. The highest BCUT2D eigenvalue weighted by Crippen LogP contribution is 2.35. The monoisotopic (exact) mass is 467 g/mol. The van der Waals surface area contributed by atoms with Crippen molar-refractivity contribution in [1.82, 2.24) is 9.97 Å². The van der Waals surface area contributed by atoms with Crippen LogP contribution < -0.4 is 9.64 Å². The lowest BCUT2D eigenvalue weighted by molar-refractivity contribution is 0.0984. The van der Waals surface area contributed by atoms with Crippen LogP contribution in [0, 0.1) is 0 Å². The lowest BCUT2D eigenvalue weighted by Gasteiger charge is -2.19. The van der Waals surface area contributed by atoms with E-state index in [1.807, 2.05) is 43.3 Å². The number of benzene rings is 2. The first-order valence-electron chi connectivity index (χ1n) is 9.91. The Morgan fingerprint density at radius 2 is 1.84 bits per heavy atom. The summed E-state index contributed by atoms with van der Waals surface area (Å²) in [5, 5.41) is 0.509. The molecule has 0 unspecified atom stereocenters. The number of aromatic nitrogens is 2. The summed E-state index contributed by atoms with van der Waals surface area (Å²) in [4.78, 5) is 24.2. The number of ether oxygens (including phenoxy) is 1. The summed E-state index contributed by atoms with van der Waals surface area (Å²) in [6.07, 6.45) is 2.80. The average molecular weight is 468 g/mol. The first-order valence-corrected chi connectivity index (χ1v) is 12.6. The molecule has 0 radical (unpaired) electrons. The molecule has 0 aliphatic rings. The molecule has 0 N–H and O–H groups in total. The molecule has 32 heavy (non-hydrogen) atoms.